The summed E-state index contributed by atoms with van der Waals surface area (Å²) in [5.74, 6) is -6.09. The van der Waals surface area contributed by atoms with Crippen molar-refractivity contribution in [2.75, 3.05) is 26.4 Å². The molecule has 0 aromatic carbocycles. The van der Waals surface area contributed by atoms with Gasteiger partial charge in [-0.15, -0.1) is 0 Å². The molecular formula is C81H154N2O21. The maximum atomic E-state index is 13.6. The molecule has 14 N–H and O–H groups in total. The van der Waals surface area contributed by atoms with Crippen LogP contribution < -0.4 is 10.6 Å². The molecular weight excluding hydrogens is 1340 g/mol. The molecule has 104 heavy (non-hydrogen) atoms. The number of carbonyl (C=O) groups is 3. The minimum absolute atomic E-state index is 0.230. The molecule has 0 aliphatic carbocycles. The number of amides is 2. The first kappa shape index (κ1) is 95.9. The highest BCUT2D eigenvalue weighted by molar-refractivity contribution is 5.77. The molecule has 18 atom stereocenters. The minimum atomic E-state index is -3.08. The van der Waals surface area contributed by atoms with Gasteiger partial charge in [0.2, 0.25) is 11.8 Å². The lowest BCUT2D eigenvalue weighted by Crippen LogP contribution is -2.70. The summed E-state index contributed by atoms with van der Waals surface area (Å²) >= 11 is 0. The van der Waals surface area contributed by atoms with Gasteiger partial charge in [-0.1, -0.05) is 328 Å². The largest absolute Gasteiger partial charge is 0.477 e. The van der Waals surface area contributed by atoms with E-state index < -0.39 is 148 Å². The Bertz CT molecular complexity index is 2070. The van der Waals surface area contributed by atoms with E-state index in [1.54, 1.807) is 0 Å². The van der Waals surface area contributed by atoms with Gasteiger partial charge in [0.1, 0.15) is 67.1 Å². The summed E-state index contributed by atoms with van der Waals surface area (Å²) in [6, 6.07) is -2.53. The van der Waals surface area contributed by atoms with Crippen LogP contribution in [0.4, 0.5) is 0 Å². The maximum Gasteiger partial charge on any atom is 0.364 e. The number of unbranched alkanes of at least 4 members (excludes halogenated alkanes) is 48. The van der Waals surface area contributed by atoms with E-state index in [0.29, 0.717) is 19.3 Å². The third-order valence-corrected chi connectivity index (χ3v) is 21.8. The van der Waals surface area contributed by atoms with Crippen molar-refractivity contribution in [3.8, 4) is 0 Å². The van der Waals surface area contributed by atoms with Crippen LogP contribution in [-0.4, -0.2) is 215 Å². The van der Waals surface area contributed by atoms with Crippen LogP contribution in [0.3, 0.4) is 0 Å². The third kappa shape index (κ3) is 40.1. The Labute approximate surface area is 627 Å². The van der Waals surface area contributed by atoms with Gasteiger partial charge in [-0.2, -0.15) is 0 Å². The van der Waals surface area contributed by atoms with E-state index in [1.165, 1.54) is 263 Å². The van der Waals surface area contributed by atoms with Crippen molar-refractivity contribution >= 4 is 17.8 Å². The van der Waals surface area contributed by atoms with Crippen molar-refractivity contribution in [1.29, 1.82) is 0 Å². The van der Waals surface area contributed by atoms with Gasteiger partial charge in [0, 0.05) is 19.8 Å². The topological polar surface area (TPSA) is 373 Å². The van der Waals surface area contributed by atoms with Crippen LogP contribution in [-0.2, 0) is 42.8 Å². The van der Waals surface area contributed by atoms with Gasteiger partial charge in [-0.25, -0.2) is 4.79 Å². The zero-order valence-corrected chi connectivity index (χ0v) is 65.2. The summed E-state index contributed by atoms with van der Waals surface area (Å²) in [4.78, 5) is 38.7. The lowest BCUT2D eigenvalue weighted by atomic mass is 9.88. The Morgan fingerprint density at radius 2 is 0.837 bits per heavy atom. The molecule has 3 aliphatic heterocycles. The van der Waals surface area contributed by atoms with Crippen molar-refractivity contribution in [2.24, 2.45) is 0 Å². The van der Waals surface area contributed by atoms with Gasteiger partial charge >= 0.3 is 5.97 Å². The zero-order chi connectivity index (χ0) is 76.0. The predicted octanol–water partition coefficient (Wildman–Crippen LogP) is 12.0. The fraction of sp³-hybridized carbons (Fsp3) is 0.963. The second-order valence-electron chi connectivity index (χ2n) is 31.1. The molecule has 23 nitrogen and oxygen atoms in total. The molecule has 23 heteroatoms. The fourth-order valence-electron chi connectivity index (χ4n) is 15.1. The van der Waals surface area contributed by atoms with Gasteiger partial charge in [-0.3, -0.25) is 9.59 Å². The fourth-order valence-corrected chi connectivity index (χ4v) is 15.1. The number of ether oxygens (including phenoxy) is 6. The SMILES string of the molecule is CCCCCCCCCCCCCCCCCCCCCCCCCCCCCCCCCC(=O)NC(COC1OC(CO)C(OC2OC(CO)C(O)C(OC3(C(=O)O)CC(O)C(NC(C)=O)C(C(O)C(O)CO)O3)C2O)C(O)C1O)C(O)CCCCCCCCCCCCCCCCCCCCC. The molecule has 2 amide bonds. The number of carbonyl (C=O) groups excluding carboxylic acids is 2. The number of hydrogen-bond donors (Lipinski definition) is 14. The van der Waals surface area contributed by atoms with Crippen molar-refractivity contribution in [3.05, 3.63) is 0 Å². The summed E-state index contributed by atoms with van der Waals surface area (Å²) in [6.45, 7) is 2.28. The van der Waals surface area contributed by atoms with Crippen molar-refractivity contribution in [2.45, 2.75) is 471 Å². The van der Waals surface area contributed by atoms with E-state index in [9.17, 15) is 75.7 Å². The molecule has 3 fully saturated rings. The molecule has 0 radical (unpaired) electrons. The zero-order valence-electron chi connectivity index (χ0n) is 65.2. The molecule has 0 aromatic heterocycles. The summed E-state index contributed by atoms with van der Waals surface area (Å²) in [6.07, 6.45) is 35.4. The molecule has 3 saturated heterocycles. The number of carboxylic acid groups (broad SMARTS) is 1. The summed E-state index contributed by atoms with van der Waals surface area (Å²) in [7, 11) is 0. The van der Waals surface area contributed by atoms with Gasteiger partial charge in [0.15, 0.2) is 12.6 Å². The first-order valence-corrected chi connectivity index (χ1v) is 42.4. The molecule has 0 saturated carbocycles. The van der Waals surface area contributed by atoms with Crippen molar-refractivity contribution in [3.63, 3.8) is 0 Å². The predicted molar refractivity (Wildman–Crippen MR) is 403 cm³/mol. The van der Waals surface area contributed by atoms with Crippen LogP contribution in [0.5, 0.6) is 0 Å². The Morgan fingerprint density at radius 1 is 0.462 bits per heavy atom. The van der Waals surface area contributed by atoms with Gasteiger partial charge in [-0.05, 0) is 12.8 Å². The first-order chi connectivity index (χ1) is 50.4. The second kappa shape index (κ2) is 60.5. The molecule has 0 spiro atoms. The molecule has 0 bridgehead atoms. The van der Waals surface area contributed by atoms with E-state index in [-0.39, 0.29) is 18.9 Å². The second-order valence-corrected chi connectivity index (χ2v) is 31.1. The van der Waals surface area contributed by atoms with Crippen molar-refractivity contribution in [1.82, 2.24) is 10.6 Å². The van der Waals surface area contributed by atoms with Crippen LogP contribution >= 0.6 is 0 Å². The Morgan fingerprint density at radius 3 is 1.20 bits per heavy atom. The van der Waals surface area contributed by atoms with Crippen LogP contribution in [0.2, 0.25) is 0 Å². The molecule has 3 aliphatic rings. The Kier molecular flexibility index (Phi) is 55.8. The third-order valence-electron chi connectivity index (χ3n) is 21.8. The van der Waals surface area contributed by atoms with Gasteiger partial charge < -0.3 is 100 Å². The molecule has 18 unspecified atom stereocenters. The molecule has 0 aromatic rings. The molecule has 614 valence electrons. The van der Waals surface area contributed by atoms with Gasteiger partial charge in [0.25, 0.3) is 5.79 Å². The number of aliphatic carboxylic acids is 1. The van der Waals surface area contributed by atoms with Crippen molar-refractivity contribution < 1.29 is 104 Å². The highest BCUT2D eigenvalue weighted by Gasteiger charge is 2.60. The summed E-state index contributed by atoms with van der Waals surface area (Å²) in [5, 5.41) is 137. The van der Waals surface area contributed by atoms with Crippen LogP contribution in [0, 0.1) is 0 Å². The Hall–Kier alpha value is -2.27. The van der Waals surface area contributed by atoms with E-state index in [0.717, 1.165) is 51.9 Å². The van der Waals surface area contributed by atoms with E-state index in [4.69, 9.17) is 28.4 Å². The van der Waals surface area contributed by atoms with Gasteiger partial charge in [0.05, 0.1) is 50.7 Å². The average molecular weight is 1490 g/mol. The summed E-state index contributed by atoms with van der Waals surface area (Å²) < 4.78 is 35.0. The lowest BCUT2D eigenvalue weighted by molar-refractivity contribution is -0.386. The highest BCUT2D eigenvalue weighted by atomic mass is 16.8. The Balaban J connectivity index is 1.46. The first-order valence-electron chi connectivity index (χ1n) is 42.4. The monoisotopic (exact) mass is 1490 g/mol. The number of aliphatic hydroxyl groups is 11. The highest BCUT2D eigenvalue weighted by Crippen LogP contribution is 2.39. The van der Waals surface area contributed by atoms with E-state index in [1.807, 2.05) is 0 Å². The number of nitrogens with one attached hydrogen (secondary N) is 2. The van der Waals surface area contributed by atoms with E-state index >= 15 is 0 Å². The molecule has 3 rings (SSSR count). The lowest BCUT2D eigenvalue weighted by Gasteiger charge is -2.50. The van der Waals surface area contributed by atoms with Crippen LogP contribution in [0.15, 0.2) is 0 Å². The van der Waals surface area contributed by atoms with E-state index in [2.05, 4.69) is 24.5 Å². The average Bonchev–Trinajstić information content (AvgIpc) is 0.755. The summed E-state index contributed by atoms with van der Waals surface area (Å²) in [5.41, 5.74) is 0. The number of aliphatic hydroxyl groups excluding tert-OH is 11. The molecule has 3 heterocycles. The van der Waals surface area contributed by atoms with Crippen LogP contribution in [0.1, 0.15) is 361 Å². The quantitative estimate of drug-likeness (QED) is 0.0252. The minimum Gasteiger partial charge on any atom is -0.477 e. The maximum absolute atomic E-state index is 13.6. The normalized spacial score (nSPS) is 26.3. The number of rotatable bonds is 68. The number of carboxylic acids is 1. The number of hydrogen-bond acceptors (Lipinski definition) is 20. The standard InChI is InChI=1S/C81H154N2O21/c1-4-6-8-10-12-14-16-18-20-22-24-25-26-27-28-29-30-31-32-33-34-35-37-39-41-43-45-47-49-51-53-55-68(91)83-62(63(88)54-52-50-48-46-44-42-40-38-36-23-21-19-17-15-13-11-9-7-5-2)60-99-78-73(95)72(94)75(67(59-86)101-78)102-79-74(96)77(71(93)66(58-85)100-79)104-81(80(97)98)56-64(89)69(82-61(3)87)76(103-81)70(92)65(90)57-84/h62-67,69-79,84-86,88-90,92-96H,4-60H2,1-3H3,(H,82,87)(H,83,91)(H,97,98). The van der Waals surface area contributed by atoms with Crippen LogP contribution in [0.25, 0.3) is 0 Å². The smallest absolute Gasteiger partial charge is 0.364 e.